The Morgan fingerprint density at radius 3 is 2.71 bits per heavy atom. The molecule has 3 N–H and O–H groups in total. The third-order valence-corrected chi connectivity index (χ3v) is 4.53. The monoisotopic (exact) mass is 274 g/mol. The van der Waals surface area contributed by atoms with Gasteiger partial charge in [-0.1, -0.05) is 11.6 Å². The maximum atomic E-state index is 11.8. The van der Waals surface area contributed by atoms with E-state index in [1.54, 1.807) is 19.1 Å². The quantitative estimate of drug-likeness (QED) is 0.828. The van der Waals surface area contributed by atoms with Crippen molar-refractivity contribution in [2.24, 2.45) is 5.92 Å². The Morgan fingerprint density at radius 1 is 1.47 bits per heavy atom. The molecule has 1 aliphatic rings. The molecule has 4 nitrogen and oxygen atoms in total. The number of hydrogen-bond donors (Lipinski definition) is 2. The second-order valence-electron chi connectivity index (χ2n) is 4.52. The summed E-state index contributed by atoms with van der Waals surface area (Å²) in [6, 6.07) is 3.22. The molecule has 1 aromatic carbocycles. The van der Waals surface area contributed by atoms with Gasteiger partial charge in [0.2, 0.25) is 10.0 Å². The van der Waals surface area contributed by atoms with Gasteiger partial charge in [-0.05, 0) is 43.4 Å². The summed E-state index contributed by atoms with van der Waals surface area (Å²) in [6.07, 6.45) is 2.00. The first-order valence-electron chi connectivity index (χ1n) is 5.43. The number of nitrogens with one attached hydrogen (secondary N) is 1. The summed E-state index contributed by atoms with van der Waals surface area (Å²) in [6.45, 7) is 1.79. The van der Waals surface area contributed by atoms with Crippen LogP contribution in [0.2, 0.25) is 5.02 Å². The molecule has 0 amide bonds. The van der Waals surface area contributed by atoms with E-state index in [0.717, 1.165) is 18.4 Å². The van der Waals surface area contributed by atoms with Crippen molar-refractivity contribution in [2.75, 3.05) is 16.2 Å². The highest BCUT2D eigenvalue weighted by Crippen LogP contribution is 2.32. The fourth-order valence-electron chi connectivity index (χ4n) is 1.62. The van der Waals surface area contributed by atoms with Gasteiger partial charge in [0, 0.05) is 0 Å². The van der Waals surface area contributed by atoms with Gasteiger partial charge < -0.3 is 5.73 Å². The topological polar surface area (TPSA) is 72.2 Å². The molecule has 2 rings (SSSR count). The average Bonchev–Trinajstić information content (AvgIpc) is 2.96. The van der Waals surface area contributed by atoms with Crippen LogP contribution in [0.3, 0.4) is 0 Å². The van der Waals surface area contributed by atoms with Gasteiger partial charge in [0.05, 0.1) is 22.2 Å². The van der Waals surface area contributed by atoms with Gasteiger partial charge in [0.15, 0.2) is 0 Å². The van der Waals surface area contributed by atoms with Gasteiger partial charge in [0.1, 0.15) is 0 Å². The van der Waals surface area contributed by atoms with E-state index in [-0.39, 0.29) is 5.75 Å². The van der Waals surface area contributed by atoms with Crippen LogP contribution < -0.4 is 10.5 Å². The Hall–Kier alpha value is -0.940. The van der Waals surface area contributed by atoms with Crippen LogP contribution in [0, 0.1) is 12.8 Å². The highest BCUT2D eigenvalue weighted by Gasteiger charge is 2.28. The number of nitrogen functional groups attached to an aromatic ring is 1. The molecule has 0 saturated heterocycles. The lowest BCUT2D eigenvalue weighted by Crippen LogP contribution is -2.18. The van der Waals surface area contributed by atoms with E-state index in [2.05, 4.69) is 4.72 Å². The summed E-state index contributed by atoms with van der Waals surface area (Å²) in [4.78, 5) is 0. The van der Waals surface area contributed by atoms with E-state index in [0.29, 0.717) is 22.3 Å². The van der Waals surface area contributed by atoms with Crippen LogP contribution in [-0.4, -0.2) is 14.2 Å². The van der Waals surface area contributed by atoms with E-state index in [1.807, 2.05) is 0 Å². The lowest BCUT2D eigenvalue weighted by atomic mass is 10.2. The van der Waals surface area contributed by atoms with Crippen molar-refractivity contribution >= 4 is 33.0 Å². The summed E-state index contributed by atoms with van der Waals surface area (Å²) < 4.78 is 26.2. The molecule has 0 bridgehead atoms. The third-order valence-electron chi connectivity index (χ3n) is 2.76. The first-order chi connectivity index (χ1) is 7.87. The Balaban J connectivity index is 2.20. The summed E-state index contributed by atoms with van der Waals surface area (Å²) >= 11 is 5.87. The Labute approximate surface area is 106 Å². The predicted molar refractivity (Wildman–Crippen MR) is 70.7 cm³/mol. The Kier molecular flexibility index (Phi) is 3.23. The van der Waals surface area contributed by atoms with Crippen molar-refractivity contribution in [3.05, 3.63) is 22.7 Å². The van der Waals surface area contributed by atoms with Gasteiger partial charge in [-0.15, -0.1) is 0 Å². The van der Waals surface area contributed by atoms with E-state index >= 15 is 0 Å². The number of hydrogen-bond acceptors (Lipinski definition) is 3. The van der Waals surface area contributed by atoms with Crippen LogP contribution in [-0.2, 0) is 10.0 Å². The number of halogens is 1. The first-order valence-corrected chi connectivity index (χ1v) is 7.46. The molecule has 0 spiro atoms. The minimum atomic E-state index is -3.27. The number of aryl methyl sites for hydroxylation is 1. The SMILES string of the molecule is Cc1cc(N)c(Cl)cc1NS(=O)(=O)CC1CC1. The smallest absolute Gasteiger partial charge is 0.233 e. The van der Waals surface area contributed by atoms with Gasteiger partial charge in [0.25, 0.3) is 0 Å². The van der Waals surface area contributed by atoms with Crippen molar-refractivity contribution in [1.82, 2.24) is 0 Å². The van der Waals surface area contributed by atoms with Crippen LogP contribution in [0.4, 0.5) is 11.4 Å². The maximum absolute atomic E-state index is 11.8. The summed E-state index contributed by atoms with van der Waals surface area (Å²) in [5.74, 6) is 0.506. The second-order valence-corrected chi connectivity index (χ2v) is 6.69. The zero-order valence-electron chi connectivity index (χ0n) is 9.53. The van der Waals surface area contributed by atoms with E-state index in [4.69, 9.17) is 17.3 Å². The molecule has 1 aromatic rings. The zero-order chi connectivity index (χ0) is 12.6. The van der Waals surface area contributed by atoms with Crippen molar-refractivity contribution in [3.8, 4) is 0 Å². The number of anilines is 2. The summed E-state index contributed by atoms with van der Waals surface area (Å²) in [5.41, 5.74) is 7.36. The van der Waals surface area contributed by atoms with Gasteiger partial charge in [-0.3, -0.25) is 4.72 Å². The Morgan fingerprint density at radius 2 is 2.12 bits per heavy atom. The maximum Gasteiger partial charge on any atom is 0.233 e. The van der Waals surface area contributed by atoms with Crippen LogP contribution in [0.25, 0.3) is 0 Å². The van der Waals surface area contributed by atoms with E-state index in [1.165, 1.54) is 0 Å². The average molecular weight is 275 g/mol. The van der Waals surface area contributed by atoms with Gasteiger partial charge in [-0.25, -0.2) is 8.42 Å². The van der Waals surface area contributed by atoms with Crippen molar-refractivity contribution in [3.63, 3.8) is 0 Å². The van der Waals surface area contributed by atoms with Crippen LogP contribution in [0.5, 0.6) is 0 Å². The van der Waals surface area contributed by atoms with Gasteiger partial charge >= 0.3 is 0 Å². The molecular weight excluding hydrogens is 260 g/mol. The molecule has 1 aliphatic carbocycles. The van der Waals surface area contributed by atoms with Crippen molar-refractivity contribution in [2.45, 2.75) is 19.8 Å². The van der Waals surface area contributed by atoms with Crippen LogP contribution in [0.15, 0.2) is 12.1 Å². The van der Waals surface area contributed by atoms with Crippen molar-refractivity contribution in [1.29, 1.82) is 0 Å². The molecule has 94 valence electrons. The van der Waals surface area contributed by atoms with E-state index in [9.17, 15) is 8.42 Å². The molecular formula is C11H15ClN2O2S. The van der Waals surface area contributed by atoms with E-state index < -0.39 is 10.0 Å². The number of rotatable bonds is 4. The van der Waals surface area contributed by atoms with Crippen LogP contribution >= 0.6 is 11.6 Å². The lowest BCUT2D eigenvalue weighted by molar-refractivity contribution is 0.597. The minimum absolute atomic E-state index is 0.189. The predicted octanol–water partition coefficient (Wildman–Crippen LogP) is 2.38. The lowest BCUT2D eigenvalue weighted by Gasteiger charge is -2.11. The highest BCUT2D eigenvalue weighted by atomic mass is 35.5. The van der Waals surface area contributed by atoms with Crippen molar-refractivity contribution < 1.29 is 8.42 Å². The largest absolute Gasteiger partial charge is 0.398 e. The highest BCUT2D eigenvalue weighted by molar-refractivity contribution is 7.92. The fraction of sp³-hybridized carbons (Fsp3) is 0.455. The molecule has 0 atom stereocenters. The molecule has 0 unspecified atom stereocenters. The molecule has 0 radical (unpaired) electrons. The molecule has 1 fully saturated rings. The zero-order valence-corrected chi connectivity index (χ0v) is 11.1. The molecule has 6 heteroatoms. The molecule has 0 heterocycles. The second kappa shape index (κ2) is 4.38. The molecule has 1 saturated carbocycles. The molecule has 0 aromatic heterocycles. The first kappa shape index (κ1) is 12.5. The molecule has 0 aliphatic heterocycles. The number of benzene rings is 1. The summed E-state index contributed by atoms with van der Waals surface area (Å²) in [7, 11) is -3.27. The minimum Gasteiger partial charge on any atom is -0.398 e. The molecule has 17 heavy (non-hydrogen) atoms. The number of nitrogens with two attached hydrogens (primary N) is 1. The fourth-order valence-corrected chi connectivity index (χ4v) is 3.37. The van der Waals surface area contributed by atoms with Crippen LogP contribution in [0.1, 0.15) is 18.4 Å². The third kappa shape index (κ3) is 3.26. The van der Waals surface area contributed by atoms with Gasteiger partial charge in [-0.2, -0.15) is 0 Å². The summed E-state index contributed by atoms with van der Waals surface area (Å²) in [5, 5.41) is 0.361. The number of sulfonamides is 1. The standard InChI is InChI=1S/C11H15ClN2O2S/c1-7-4-10(13)9(12)5-11(7)14-17(15,16)6-8-2-3-8/h4-5,8,14H,2-3,6,13H2,1H3. The normalized spacial score (nSPS) is 15.9. The Bertz CT molecular complexity index is 539.